The van der Waals surface area contributed by atoms with Crippen LogP contribution in [-0.4, -0.2) is 35.4 Å². The number of thiocarbonyl (C=S) groups is 1. The van der Waals surface area contributed by atoms with Crippen molar-refractivity contribution in [2.45, 2.75) is 17.9 Å². The Balaban J connectivity index is 2.07. The predicted octanol–water partition coefficient (Wildman–Crippen LogP) is 1.83. The summed E-state index contributed by atoms with van der Waals surface area (Å²) in [5, 5.41) is 14.5. The van der Waals surface area contributed by atoms with E-state index in [1.807, 2.05) is 66.7 Å². The highest BCUT2D eigenvalue weighted by molar-refractivity contribution is 7.80. The second-order valence-corrected chi connectivity index (χ2v) is 7.27. The van der Waals surface area contributed by atoms with Gasteiger partial charge in [-0.25, -0.2) is 4.79 Å². The third-order valence-electron chi connectivity index (χ3n) is 5.05. The number of ketones is 1. The number of benzene rings is 2. The van der Waals surface area contributed by atoms with Crippen molar-refractivity contribution >= 4 is 35.0 Å². The largest absolute Gasteiger partial charge is 0.467 e. The molecule has 0 spiro atoms. The fraction of sp³-hybridized carbons (Fsp3) is 0.227. The number of nitrogens with one attached hydrogen (secondary N) is 2. The molecule has 0 aliphatic carbocycles. The van der Waals surface area contributed by atoms with Crippen LogP contribution in [0.2, 0.25) is 0 Å². The molecule has 1 saturated heterocycles. The van der Waals surface area contributed by atoms with Gasteiger partial charge in [0, 0.05) is 6.42 Å². The molecule has 152 valence electrons. The van der Waals surface area contributed by atoms with E-state index in [2.05, 4.69) is 10.6 Å². The van der Waals surface area contributed by atoms with Gasteiger partial charge in [0.2, 0.25) is 5.91 Å². The van der Waals surface area contributed by atoms with Gasteiger partial charge in [0.05, 0.1) is 19.1 Å². The fourth-order valence-electron chi connectivity index (χ4n) is 3.68. The molecule has 2 aromatic carbocycles. The summed E-state index contributed by atoms with van der Waals surface area (Å²) < 4.78 is 4.87. The Morgan fingerprint density at radius 1 is 1.13 bits per heavy atom. The summed E-state index contributed by atoms with van der Waals surface area (Å²) in [6, 6.07) is 20.0. The minimum Gasteiger partial charge on any atom is -0.467 e. The molecular weight excluding hydrogens is 402 g/mol. The number of nitrogens with zero attached hydrogens (tertiary/aromatic N) is 1. The lowest BCUT2D eigenvalue weighted by Gasteiger charge is -2.39. The summed E-state index contributed by atoms with van der Waals surface area (Å²) in [5.41, 5.74) is -0.461. The molecule has 2 atom stereocenters. The van der Waals surface area contributed by atoms with Gasteiger partial charge in [-0.15, -0.1) is 0 Å². The number of hydrogen-bond acceptors (Lipinski definition) is 6. The average molecular weight is 421 g/mol. The summed E-state index contributed by atoms with van der Waals surface area (Å²) in [4.78, 5) is 38.7. The normalized spacial score (nSPS) is 20.6. The Bertz CT molecular complexity index is 980. The molecule has 7 nitrogen and oxygen atoms in total. The minimum atomic E-state index is -1.91. The van der Waals surface area contributed by atoms with E-state index in [9.17, 15) is 19.6 Å². The maximum atomic E-state index is 13.6. The number of hydrogen-bond donors (Lipinski definition) is 2. The molecule has 0 radical (unpaired) electrons. The number of amides is 1. The Kier molecular flexibility index (Phi) is 6.23. The summed E-state index contributed by atoms with van der Waals surface area (Å²) in [7, 11) is 1.13. The maximum absolute atomic E-state index is 13.6. The van der Waals surface area contributed by atoms with Gasteiger partial charge < -0.3 is 15.4 Å². The zero-order valence-corrected chi connectivity index (χ0v) is 16.9. The van der Waals surface area contributed by atoms with Crippen molar-refractivity contribution in [3.05, 3.63) is 71.8 Å². The second-order valence-electron chi connectivity index (χ2n) is 6.87. The van der Waals surface area contributed by atoms with E-state index in [0.29, 0.717) is 0 Å². The van der Waals surface area contributed by atoms with Gasteiger partial charge in [0.15, 0.2) is 16.6 Å². The SMILES string of the molecule is COC(=O)[C@]1(CC(=O)C(c2ccccc2)c2ccccc2)NC(=S)NC(=O)[C@@H]1C#N. The molecule has 1 heterocycles. The first kappa shape index (κ1) is 21.1. The number of rotatable bonds is 6. The van der Waals surface area contributed by atoms with Crippen molar-refractivity contribution in [3.8, 4) is 6.07 Å². The van der Waals surface area contributed by atoms with Gasteiger partial charge in [-0.3, -0.25) is 9.59 Å². The van der Waals surface area contributed by atoms with Crippen LogP contribution in [0.15, 0.2) is 60.7 Å². The Morgan fingerprint density at radius 2 is 1.67 bits per heavy atom. The number of esters is 1. The Morgan fingerprint density at radius 3 is 2.13 bits per heavy atom. The zero-order valence-electron chi connectivity index (χ0n) is 16.1. The van der Waals surface area contributed by atoms with E-state index < -0.39 is 35.7 Å². The maximum Gasteiger partial charge on any atom is 0.333 e. The van der Waals surface area contributed by atoms with Crippen molar-refractivity contribution < 1.29 is 19.1 Å². The van der Waals surface area contributed by atoms with E-state index in [4.69, 9.17) is 17.0 Å². The number of carbonyl (C=O) groups excluding carboxylic acids is 3. The van der Waals surface area contributed by atoms with E-state index in [1.165, 1.54) is 0 Å². The van der Waals surface area contributed by atoms with E-state index >= 15 is 0 Å². The van der Waals surface area contributed by atoms with Crippen molar-refractivity contribution in [1.82, 2.24) is 10.6 Å². The van der Waals surface area contributed by atoms with E-state index in [-0.39, 0.29) is 10.9 Å². The number of carbonyl (C=O) groups is 3. The average Bonchev–Trinajstić information content (AvgIpc) is 2.74. The summed E-state index contributed by atoms with van der Waals surface area (Å²) >= 11 is 5.03. The molecule has 0 unspecified atom stereocenters. The Labute approximate surface area is 179 Å². The number of methoxy groups -OCH3 is 1. The van der Waals surface area contributed by atoms with Crippen LogP contribution >= 0.6 is 12.2 Å². The molecule has 0 bridgehead atoms. The zero-order chi connectivity index (χ0) is 21.7. The van der Waals surface area contributed by atoms with Crippen molar-refractivity contribution in [2.75, 3.05) is 7.11 Å². The molecule has 30 heavy (non-hydrogen) atoms. The lowest BCUT2D eigenvalue weighted by Crippen LogP contribution is -2.70. The quantitative estimate of drug-likeness (QED) is 0.541. The molecule has 0 saturated carbocycles. The fourth-order valence-corrected chi connectivity index (χ4v) is 3.97. The summed E-state index contributed by atoms with van der Waals surface area (Å²) in [6.07, 6.45) is -0.458. The van der Waals surface area contributed by atoms with Crippen LogP contribution in [-0.2, 0) is 19.1 Å². The van der Waals surface area contributed by atoms with Crippen LogP contribution < -0.4 is 10.6 Å². The molecule has 2 aromatic rings. The standard InChI is InChI=1S/C22H19N3O4S/c1-29-20(28)22(16(13-23)19(27)24-21(30)25-22)12-17(26)18(14-8-4-2-5-9-14)15-10-6-3-7-11-15/h2-11,16,18H,12H2,1H3,(H2,24,25,27,30)/t16-,22+/m0/s1. The van der Waals surface area contributed by atoms with Crippen LogP contribution in [0, 0.1) is 17.2 Å². The first-order chi connectivity index (χ1) is 14.4. The van der Waals surface area contributed by atoms with Crippen LogP contribution in [0.4, 0.5) is 0 Å². The lowest BCUT2D eigenvalue weighted by atomic mass is 9.74. The van der Waals surface area contributed by atoms with Crippen LogP contribution in [0.25, 0.3) is 0 Å². The van der Waals surface area contributed by atoms with Gasteiger partial charge in [0.1, 0.15) is 5.78 Å². The van der Waals surface area contributed by atoms with Crippen molar-refractivity contribution in [3.63, 3.8) is 0 Å². The number of ether oxygens (including phenoxy) is 1. The highest BCUT2D eigenvalue weighted by atomic mass is 32.1. The summed E-state index contributed by atoms with van der Waals surface area (Å²) in [5.74, 6) is -4.21. The molecule has 2 N–H and O–H groups in total. The predicted molar refractivity (Wildman–Crippen MR) is 112 cm³/mol. The van der Waals surface area contributed by atoms with Gasteiger partial charge in [-0.1, -0.05) is 60.7 Å². The molecular formula is C22H19N3O4S. The molecule has 1 amide bonds. The molecule has 0 aromatic heterocycles. The highest BCUT2D eigenvalue weighted by Gasteiger charge is 2.56. The molecule has 8 heteroatoms. The number of nitriles is 1. The highest BCUT2D eigenvalue weighted by Crippen LogP contribution is 2.33. The van der Waals surface area contributed by atoms with Crippen LogP contribution in [0.1, 0.15) is 23.5 Å². The van der Waals surface area contributed by atoms with Gasteiger partial charge >= 0.3 is 5.97 Å². The molecule has 3 rings (SSSR count). The first-order valence-corrected chi connectivity index (χ1v) is 9.57. The molecule has 1 aliphatic heterocycles. The van der Waals surface area contributed by atoms with Gasteiger partial charge in [0.25, 0.3) is 0 Å². The molecule has 1 fully saturated rings. The van der Waals surface area contributed by atoms with Gasteiger partial charge in [-0.2, -0.15) is 5.26 Å². The first-order valence-electron chi connectivity index (χ1n) is 9.16. The van der Waals surface area contributed by atoms with Crippen LogP contribution in [0.5, 0.6) is 0 Å². The lowest BCUT2D eigenvalue weighted by molar-refractivity contribution is -0.154. The number of Topliss-reactive ketones (excluding diaryl/α,β-unsaturated/α-hetero) is 1. The second kappa shape index (κ2) is 8.84. The van der Waals surface area contributed by atoms with Gasteiger partial charge in [-0.05, 0) is 23.3 Å². The third kappa shape index (κ3) is 3.93. The molecule has 1 aliphatic rings. The monoisotopic (exact) mass is 421 g/mol. The Hall–Kier alpha value is -3.57. The summed E-state index contributed by atoms with van der Waals surface area (Å²) in [6.45, 7) is 0. The van der Waals surface area contributed by atoms with Crippen molar-refractivity contribution in [2.24, 2.45) is 5.92 Å². The van der Waals surface area contributed by atoms with E-state index in [0.717, 1.165) is 18.2 Å². The third-order valence-corrected chi connectivity index (χ3v) is 5.25. The smallest absolute Gasteiger partial charge is 0.333 e. The van der Waals surface area contributed by atoms with Crippen LogP contribution in [0.3, 0.4) is 0 Å². The van der Waals surface area contributed by atoms with E-state index in [1.54, 1.807) is 0 Å². The topological polar surface area (TPSA) is 108 Å². The minimum absolute atomic E-state index is 0.138. The van der Waals surface area contributed by atoms with Crippen molar-refractivity contribution in [1.29, 1.82) is 5.26 Å².